The fourth-order valence-electron chi connectivity index (χ4n) is 1.05. The quantitative estimate of drug-likeness (QED) is 0.335. The monoisotopic (exact) mass is 224 g/mol. The van der Waals surface area contributed by atoms with Gasteiger partial charge < -0.3 is 4.90 Å². The molecule has 1 unspecified atom stereocenters. The molecule has 1 aromatic rings. The van der Waals surface area contributed by atoms with Crippen LogP contribution < -0.4 is 0 Å². The first-order valence-electron chi connectivity index (χ1n) is 4.20. The van der Waals surface area contributed by atoms with E-state index in [1.807, 2.05) is 18.2 Å². The Kier molecular flexibility index (Phi) is 4.03. The highest BCUT2D eigenvalue weighted by atomic mass is 35.5. The van der Waals surface area contributed by atoms with Crippen LogP contribution in [0.4, 0.5) is 4.79 Å². The Morgan fingerprint density at radius 3 is 2.60 bits per heavy atom. The maximum absolute atomic E-state index is 11.2. The number of alkyl halides is 1. The van der Waals surface area contributed by atoms with Gasteiger partial charge in [0.1, 0.15) is 5.50 Å². The van der Waals surface area contributed by atoms with Crippen LogP contribution in [0.2, 0.25) is 0 Å². The number of nitrogens with zero attached hydrogens (tertiary/aromatic N) is 2. The van der Waals surface area contributed by atoms with Crippen LogP contribution in [0.25, 0.3) is 0 Å². The number of benzene rings is 1. The van der Waals surface area contributed by atoms with E-state index in [2.05, 4.69) is 4.99 Å². The van der Waals surface area contributed by atoms with Crippen LogP contribution in [0.3, 0.4) is 0 Å². The summed E-state index contributed by atoms with van der Waals surface area (Å²) < 4.78 is 0. The number of carbonyl (C=O) groups is 1. The number of isocyanates is 1. The van der Waals surface area contributed by atoms with Crippen molar-refractivity contribution < 1.29 is 9.59 Å². The summed E-state index contributed by atoms with van der Waals surface area (Å²) in [5.41, 5.74) is 0.118. The minimum absolute atomic E-state index is 0.643. The molecule has 78 valence electrons. The minimum atomic E-state index is -0.714. The standard InChI is InChI=1S/C10H9ClN2O2/c1-13(10(15)12-7-14)9(11)8-5-3-2-4-6-8/h2-6,9H,1H3. The van der Waals surface area contributed by atoms with Crippen LogP contribution in [0.15, 0.2) is 35.3 Å². The predicted octanol–water partition coefficient (Wildman–Crippen LogP) is 2.31. The second-order valence-corrected chi connectivity index (χ2v) is 3.26. The molecule has 0 radical (unpaired) electrons. The van der Waals surface area contributed by atoms with E-state index in [-0.39, 0.29) is 0 Å². The van der Waals surface area contributed by atoms with Crippen molar-refractivity contribution in [3.63, 3.8) is 0 Å². The average Bonchev–Trinajstić information content (AvgIpc) is 2.28. The van der Waals surface area contributed by atoms with Crippen molar-refractivity contribution in [2.75, 3.05) is 7.05 Å². The molecule has 0 bridgehead atoms. The van der Waals surface area contributed by atoms with E-state index in [0.717, 1.165) is 10.5 Å². The van der Waals surface area contributed by atoms with Gasteiger partial charge in [0.05, 0.1) is 0 Å². The molecule has 0 aromatic heterocycles. The van der Waals surface area contributed by atoms with Crippen LogP contribution in [-0.4, -0.2) is 24.1 Å². The maximum Gasteiger partial charge on any atom is 0.355 e. The smallest absolute Gasteiger partial charge is 0.305 e. The summed E-state index contributed by atoms with van der Waals surface area (Å²) in [5.74, 6) is 0. The highest BCUT2D eigenvalue weighted by Crippen LogP contribution is 2.23. The SMILES string of the molecule is CN(C(=O)N=C=O)C(Cl)c1ccccc1. The molecule has 4 nitrogen and oxygen atoms in total. The van der Waals surface area contributed by atoms with Crippen LogP contribution in [0.5, 0.6) is 0 Å². The number of halogens is 1. The van der Waals surface area contributed by atoms with Crippen LogP contribution in [0.1, 0.15) is 11.1 Å². The Labute approximate surface area is 92.2 Å². The van der Waals surface area contributed by atoms with E-state index in [1.54, 1.807) is 12.1 Å². The first kappa shape index (κ1) is 11.4. The average molecular weight is 225 g/mol. The third-order valence-corrected chi connectivity index (χ3v) is 2.40. The zero-order valence-electron chi connectivity index (χ0n) is 8.05. The van der Waals surface area contributed by atoms with Gasteiger partial charge in [-0.25, -0.2) is 9.59 Å². The van der Waals surface area contributed by atoms with Gasteiger partial charge in [0, 0.05) is 7.05 Å². The first-order chi connectivity index (χ1) is 7.16. The third kappa shape index (κ3) is 2.91. The number of amides is 2. The second-order valence-electron chi connectivity index (χ2n) is 2.84. The van der Waals surface area contributed by atoms with Crippen LogP contribution >= 0.6 is 11.6 Å². The summed E-state index contributed by atoms with van der Waals surface area (Å²) in [4.78, 5) is 25.2. The van der Waals surface area contributed by atoms with Gasteiger partial charge in [0.15, 0.2) is 0 Å². The lowest BCUT2D eigenvalue weighted by atomic mass is 10.2. The molecule has 0 aliphatic rings. The minimum Gasteiger partial charge on any atom is -0.305 e. The Balaban J connectivity index is 2.81. The van der Waals surface area contributed by atoms with E-state index in [9.17, 15) is 9.59 Å². The molecule has 15 heavy (non-hydrogen) atoms. The summed E-state index contributed by atoms with van der Waals surface area (Å²) in [5, 5.41) is 0. The molecule has 0 aliphatic carbocycles. The molecule has 1 atom stereocenters. The molecule has 1 aromatic carbocycles. The van der Waals surface area contributed by atoms with Gasteiger partial charge in [-0.15, -0.1) is 4.99 Å². The van der Waals surface area contributed by atoms with Gasteiger partial charge in [-0.05, 0) is 5.56 Å². The normalized spacial score (nSPS) is 11.3. The molecule has 2 amide bonds. The fraction of sp³-hybridized carbons (Fsp3) is 0.200. The summed E-state index contributed by atoms with van der Waals surface area (Å²) >= 11 is 6.00. The van der Waals surface area contributed by atoms with Crippen molar-refractivity contribution in [3.8, 4) is 0 Å². The van der Waals surface area contributed by atoms with Gasteiger partial charge in [-0.1, -0.05) is 41.9 Å². The molecule has 0 heterocycles. The van der Waals surface area contributed by atoms with E-state index < -0.39 is 11.5 Å². The van der Waals surface area contributed by atoms with Crippen molar-refractivity contribution in [2.24, 2.45) is 4.99 Å². The number of aliphatic imine (C=N–C) groups is 1. The van der Waals surface area contributed by atoms with Gasteiger partial charge >= 0.3 is 6.03 Å². The predicted molar refractivity (Wildman–Crippen MR) is 56.3 cm³/mol. The molecule has 0 aliphatic heterocycles. The lowest BCUT2D eigenvalue weighted by Gasteiger charge is -2.20. The van der Waals surface area contributed by atoms with Crippen molar-refractivity contribution in [3.05, 3.63) is 35.9 Å². The summed E-state index contributed by atoms with van der Waals surface area (Å²) in [7, 11) is 1.47. The third-order valence-electron chi connectivity index (χ3n) is 1.86. The van der Waals surface area contributed by atoms with Gasteiger partial charge in [0.2, 0.25) is 6.08 Å². The molecule has 0 saturated carbocycles. The highest BCUT2D eigenvalue weighted by Gasteiger charge is 2.18. The van der Waals surface area contributed by atoms with E-state index >= 15 is 0 Å². The second kappa shape index (κ2) is 5.29. The number of carbonyl (C=O) groups excluding carboxylic acids is 2. The van der Waals surface area contributed by atoms with Crippen LogP contribution in [-0.2, 0) is 4.79 Å². The summed E-state index contributed by atoms with van der Waals surface area (Å²) in [6.07, 6.45) is 1.18. The molecule has 0 fully saturated rings. The lowest BCUT2D eigenvalue weighted by molar-refractivity contribution is 0.215. The van der Waals surface area contributed by atoms with Crippen molar-refractivity contribution in [1.82, 2.24) is 4.90 Å². The zero-order chi connectivity index (χ0) is 11.3. The first-order valence-corrected chi connectivity index (χ1v) is 4.64. The number of hydrogen-bond donors (Lipinski definition) is 0. The Morgan fingerprint density at radius 1 is 1.47 bits per heavy atom. The van der Waals surface area contributed by atoms with E-state index in [0.29, 0.717) is 0 Å². The largest absolute Gasteiger partial charge is 0.355 e. The molecule has 0 N–H and O–H groups in total. The number of hydrogen-bond acceptors (Lipinski definition) is 2. The molecular weight excluding hydrogens is 216 g/mol. The highest BCUT2D eigenvalue weighted by molar-refractivity contribution is 6.21. The molecule has 0 spiro atoms. The van der Waals surface area contributed by atoms with Crippen molar-refractivity contribution in [2.45, 2.75) is 5.50 Å². The summed E-state index contributed by atoms with van der Waals surface area (Å²) in [6, 6.07) is 8.32. The number of rotatable bonds is 2. The Morgan fingerprint density at radius 2 is 2.07 bits per heavy atom. The fourth-order valence-corrected chi connectivity index (χ4v) is 1.28. The molecule has 1 rings (SSSR count). The van der Waals surface area contributed by atoms with Crippen molar-refractivity contribution in [1.29, 1.82) is 0 Å². The van der Waals surface area contributed by atoms with Crippen LogP contribution in [0, 0.1) is 0 Å². The molecule has 5 heteroatoms. The van der Waals surface area contributed by atoms with Gasteiger partial charge in [0.25, 0.3) is 0 Å². The molecule has 0 saturated heterocycles. The Bertz CT molecular complexity index is 388. The van der Waals surface area contributed by atoms with E-state index in [1.165, 1.54) is 13.1 Å². The lowest BCUT2D eigenvalue weighted by Crippen LogP contribution is -2.25. The summed E-state index contributed by atoms with van der Waals surface area (Å²) in [6.45, 7) is 0. The topological polar surface area (TPSA) is 49.7 Å². The van der Waals surface area contributed by atoms with Crippen molar-refractivity contribution >= 4 is 23.7 Å². The number of urea groups is 1. The molecular formula is C10H9ClN2O2. The van der Waals surface area contributed by atoms with Gasteiger partial charge in [-0.3, -0.25) is 0 Å². The maximum atomic E-state index is 11.2. The zero-order valence-corrected chi connectivity index (χ0v) is 8.81. The Hall–Kier alpha value is -1.64. The van der Waals surface area contributed by atoms with E-state index in [4.69, 9.17) is 11.6 Å². The van der Waals surface area contributed by atoms with Gasteiger partial charge in [-0.2, -0.15) is 0 Å².